The summed E-state index contributed by atoms with van der Waals surface area (Å²) in [5.74, 6) is 0. The van der Waals surface area contributed by atoms with Gasteiger partial charge in [-0.05, 0) is 31.5 Å². The Kier molecular flexibility index (Phi) is 3.70. The maximum atomic E-state index is 9.96. The quantitative estimate of drug-likeness (QED) is 0.904. The van der Waals surface area contributed by atoms with Crippen molar-refractivity contribution in [3.8, 4) is 12.1 Å². The van der Waals surface area contributed by atoms with E-state index in [1.54, 1.807) is 26.0 Å². The van der Waals surface area contributed by atoms with Crippen molar-refractivity contribution < 1.29 is 5.11 Å². The third kappa shape index (κ3) is 2.61. The lowest BCUT2D eigenvalue weighted by Crippen LogP contribution is -2.18. The van der Waals surface area contributed by atoms with Crippen molar-refractivity contribution in [2.24, 2.45) is 0 Å². The minimum Gasteiger partial charge on any atom is -0.386 e. The van der Waals surface area contributed by atoms with E-state index in [2.05, 4.69) is 15.9 Å². The third-order valence-electron chi connectivity index (χ3n) is 2.17. The average molecular weight is 279 g/mol. The maximum Gasteiger partial charge on any atom is 0.0996 e. The minimum atomic E-state index is -1.09. The molecule has 16 heavy (non-hydrogen) atoms. The van der Waals surface area contributed by atoms with Gasteiger partial charge in [-0.3, -0.25) is 0 Å². The van der Waals surface area contributed by atoms with Crippen molar-refractivity contribution in [3.05, 3.63) is 33.3 Å². The predicted octanol–water partition coefficient (Wildman–Crippen LogP) is 2.61. The fourth-order valence-corrected chi connectivity index (χ4v) is 2.56. The molecule has 0 aromatic heterocycles. The molecule has 0 aliphatic rings. The molecule has 3 nitrogen and oxygen atoms in total. The SMILES string of the molecule is CC(C)(O)c1c(Br)cc(CC#N)cc1C#N. The van der Waals surface area contributed by atoms with Crippen molar-refractivity contribution in [1.82, 2.24) is 0 Å². The van der Waals surface area contributed by atoms with Crippen molar-refractivity contribution in [2.75, 3.05) is 0 Å². The molecule has 0 spiro atoms. The molecule has 0 saturated heterocycles. The summed E-state index contributed by atoms with van der Waals surface area (Å²) < 4.78 is 0.657. The van der Waals surface area contributed by atoms with Gasteiger partial charge in [0.1, 0.15) is 0 Å². The third-order valence-corrected chi connectivity index (χ3v) is 2.79. The molecule has 0 heterocycles. The molecule has 0 amide bonds. The Bertz CT molecular complexity index is 489. The van der Waals surface area contributed by atoms with E-state index in [1.165, 1.54) is 0 Å². The van der Waals surface area contributed by atoms with Crippen molar-refractivity contribution in [1.29, 1.82) is 10.5 Å². The van der Waals surface area contributed by atoms with E-state index in [4.69, 9.17) is 10.5 Å². The van der Waals surface area contributed by atoms with Gasteiger partial charge >= 0.3 is 0 Å². The summed E-state index contributed by atoms with van der Waals surface area (Å²) in [7, 11) is 0. The van der Waals surface area contributed by atoms with E-state index in [-0.39, 0.29) is 6.42 Å². The normalized spacial score (nSPS) is 10.6. The highest BCUT2D eigenvalue weighted by Gasteiger charge is 2.23. The van der Waals surface area contributed by atoms with Crippen LogP contribution in [0.5, 0.6) is 0 Å². The van der Waals surface area contributed by atoms with E-state index >= 15 is 0 Å². The highest BCUT2D eigenvalue weighted by atomic mass is 79.9. The van der Waals surface area contributed by atoms with E-state index in [1.807, 2.05) is 12.1 Å². The lowest BCUT2D eigenvalue weighted by molar-refractivity contribution is 0.0775. The zero-order valence-corrected chi connectivity index (χ0v) is 10.7. The molecule has 0 bridgehead atoms. The van der Waals surface area contributed by atoms with Gasteiger partial charge in [0, 0.05) is 10.0 Å². The monoisotopic (exact) mass is 278 g/mol. The highest BCUT2D eigenvalue weighted by molar-refractivity contribution is 9.10. The van der Waals surface area contributed by atoms with E-state index in [9.17, 15) is 5.11 Å². The van der Waals surface area contributed by atoms with Crippen LogP contribution in [0.4, 0.5) is 0 Å². The summed E-state index contributed by atoms with van der Waals surface area (Å²) in [6.07, 6.45) is 0.249. The van der Waals surface area contributed by atoms with Crippen LogP contribution in [-0.4, -0.2) is 5.11 Å². The predicted molar refractivity (Wildman–Crippen MR) is 63.4 cm³/mol. The number of aliphatic hydroxyl groups is 1. The van der Waals surface area contributed by atoms with E-state index in [0.717, 1.165) is 5.56 Å². The average Bonchev–Trinajstić information content (AvgIpc) is 2.15. The molecular weight excluding hydrogens is 268 g/mol. The summed E-state index contributed by atoms with van der Waals surface area (Å²) in [5.41, 5.74) is 0.623. The molecule has 0 atom stereocenters. The molecule has 0 fully saturated rings. The largest absolute Gasteiger partial charge is 0.386 e. The van der Waals surface area contributed by atoms with Crippen LogP contribution >= 0.6 is 15.9 Å². The highest BCUT2D eigenvalue weighted by Crippen LogP contribution is 2.32. The van der Waals surface area contributed by atoms with E-state index < -0.39 is 5.60 Å². The van der Waals surface area contributed by atoms with Crippen molar-refractivity contribution >= 4 is 15.9 Å². The van der Waals surface area contributed by atoms with Crippen LogP contribution in [0.15, 0.2) is 16.6 Å². The Labute approximate surface area is 103 Å². The topological polar surface area (TPSA) is 67.8 Å². The number of nitrogens with zero attached hydrogens (tertiary/aromatic N) is 2. The van der Waals surface area contributed by atoms with Gasteiger partial charge in [-0.25, -0.2) is 0 Å². The van der Waals surface area contributed by atoms with Gasteiger partial charge in [0.25, 0.3) is 0 Å². The van der Waals surface area contributed by atoms with Gasteiger partial charge in [-0.15, -0.1) is 0 Å². The smallest absolute Gasteiger partial charge is 0.0996 e. The minimum absolute atomic E-state index is 0.249. The second kappa shape index (κ2) is 4.65. The van der Waals surface area contributed by atoms with E-state index in [0.29, 0.717) is 15.6 Å². The molecule has 0 aliphatic heterocycles. The zero-order valence-electron chi connectivity index (χ0n) is 9.08. The zero-order chi connectivity index (χ0) is 12.3. The second-order valence-corrected chi connectivity index (χ2v) is 4.86. The van der Waals surface area contributed by atoms with Gasteiger partial charge in [-0.1, -0.05) is 15.9 Å². The first kappa shape index (κ1) is 12.7. The van der Waals surface area contributed by atoms with Crippen LogP contribution < -0.4 is 0 Å². The van der Waals surface area contributed by atoms with Crippen molar-refractivity contribution in [3.63, 3.8) is 0 Å². The fraction of sp³-hybridized carbons (Fsp3) is 0.333. The molecule has 1 N–H and O–H groups in total. The first-order valence-electron chi connectivity index (χ1n) is 4.72. The van der Waals surface area contributed by atoms with Gasteiger partial charge in [-0.2, -0.15) is 10.5 Å². The van der Waals surface area contributed by atoms with Gasteiger partial charge < -0.3 is 5.11 Å². The Morgan fingerprint density at radius 3 is 2.44 bits per heavy atom. The molecule has 1 rings (SSSR count). The molecule has 4 heteroatoms. The van der Waals surface area contributed by atoms with Crippen LogP contribution in [-0.2, 0) is 12.0 Å². The Balaban J connectivity index is 3.44. The summed E-state index contributed by atoms with van der Waals surface area (Å²) in [6.45, 7) is 3.25. The number of hydrogen-bond acceptors (Lipinski definition) is 3. The van der Waals surface area contributed by atoms with Crippen LogP contribution in [0.25, 0.3) is 0 Å². The van der Waals surface area contributed by atoms with Gasteiger partial charge in [0.05, 0.1) is 29.7 Å². The molecular formula is C12H11BrN2O. The molecule has 1 aromatic rings. The fourth-order valence-electron chi connectivity index (χ4n) is 1.57. The lowest BCUT2D eigenvalue weighted by atomic mass is 9.92. The van der Waals surface area contributed by atoms with Crippen LogP contribution in [0.1, 0.15) is 30.5 Å². The summed E-state index contributed by atoms with van der Waals surface area (Å²) in [4.78, 5) is 0. The number of benzene rings is 1. The number of halogens is 1. The van der Waals surface area contributed by atoms with Gasteiger partial charge in [0.2, 0.25) is 0 Å². The Hall–Kier alpha value is -1.36. The molecule has 82 valence electrons. The number of rotatable bonds is 2. The number of hydrogen-bond donors (Lipinski definition) is 1. The van der Waals surface area contributed by atoms with Crippen LogP contribution in [0.3, 0.4) is 0 Å². The van der Waals surface area contributed by atoms with Crippen LogP contribution in [0.2, 0.25) is 0 Å². The molecule has 1 aromatic carbocycles. The van der Waals surface area contributed by atoms with Crippen LogP contribution in [0, 0.1) is 22.7 Å². The number of nitriles is 2. The first-order valence-corrected chi connectivity index (χ1v) is 5.51. The summed E-state index contributed by atoms with van der Waals surface area (Å²) >= 11 is 3.32. The maximum absolute atomic E-state index is 9.96. The Morgan fingerprint density at radius 2 is 2.00 bits per heavy atom. The lowest BCUT2D eigenvalue weighted by Gasteiger charge is -2.21. The summed E-state index contributed by atoms with van der Waals surface area (Å²) in [6, 6.07) is 7.47. The molecule has 0 unspecified atom stereocenters. The Morgan fingerprint density at radius 1 is 1.38 bits per heavy atom. The van der Waals surface area contributed by atoms with Gasteiger partial charge in [0.15, 0.2) is 0 Å². The molecule has 0 saturated carbocycles. The van der Waals surface area contributed by atoms with Crippen molar-refractivity contribution in [2.45, 2.75) is 25.9 Å². The molecule has 0 radical (unpaired) electrons. The molecule has 0 aliphatic carbocycles. The standard InChI is InChI=1S/C12H11BrN2O/c1-12(2,16)11-9(7-15)5-8(3-4-14)6-10(11)13/h5-6,16H,3H2,1-2H3. The summed E-state index contributed by atoms with van der Waals surface area (Å²) in [5, 5.41) is 27.6. The second-order valence-electron chi connectivity index (χ2n) is 4.01. The first-order chi connectivity index (χ1) is 7.40.